The van der Waals surface area contributed by atoms with Gasteiger partial charge in [-0.2, -0.15) is 0 Å². The molecule has 0 radical (unpaired) electrons. The number of hydrogen-bond donors (Lipinski definition) is 2. The highest BCUT2D eigenvalue weighted by atomic mass is 15.1. The molecular formula is C16H27N3. The Morgan fingerprint density at radius 2 is 1.89 bits per heavy atom. The second-order valence-electron chi connectivity index (χ2n) is 5.55. The van der Waals surface area contributed by atoms with Gasteiger partial charge >= 0.3 is 0 Å². The molecular weight excluding hydrogens is 234 g/mol. The molecule has 3 N–H and O–H groups in total. The minimum Gasteiger partial charge on any atom is -0.330 e. The second-order valence-corrected chi connectivity index (χ2v) is 5.55. The van der Waals surface area contributed by atoms with Crippen LogP contribution in [0.3, 0.4) is 0 Å². The minimum atomic E-state index is 0.794. The number of likely N-dealkylation sites (tertiary alicyclic amines) is 1. The molecule has 0 amide bonds. The van der Waals surface area contributed by atoms with Crippen molar-refractivity contribution in [1.82, 2.24) is 10.2 Å². The Labute approximate surface area is 117 Å². The molecule has 0 aromatic heterocycles. The molecule has 3 heteroatoms. The molecule has 0 atom stereocenters. The molecule has 0 aliphatic carbocycles. The summed E-state index contributed by atoms with van der Waals surface area (Å²) in [5.41, 5.74) is 6.93. The Hall–Kier alpha value is -0.900. The van der Waals surface area contributed by atoms with E-state index in [1.807, 2.05) is 0 Å². The lowest BCUT2D eigenvalue weighted by molar-refractivity contribution is 0.175. The molecule has 0 spiro atoms. The molecule has 1 aromatic rings. The first-order valence-electron chi connectivity index (χ1n) is 7.55. The van der Waals surface area contributed by atoms with Gasteiger partial charge in [0.1, 0.15) is 0 Å². The average molecular weight is 261 g/mol. The summed E-state index contributed by atoms with van der Waals surface area (Å²) in [5, 5.41) is 3.52. The van der Waals surface area contributed by atoms with Crippen LogP contribution in [0, 0.1) is 5.92 Å². The Kier molecular flexibility index (Phi) is 6.34. The molecule has 1 aliphatic heterocycles. The zero-order valence-corrected chi connectivity index (χ0v) is 11.9. The molecule has 2 rings (SSSR count). The zero-order chi connectivity index (χ0) is 13.3. The summed E-state index contributed by atoms with van der Waals surface area (Å²) in [6.07, 6.45) is 3.73. The van der Waals surface area contributed by atoms with E-state index in [4.69, 9.17) is 5.73 Å². The highest BCUT2D eigenvalue weighted by molar-refractivity contribution is 5.14. The Balaban J connectivity index is 1.62. The standard InChI is InChI=1S/C16H27N3/c17-9-4-10-18-13-15-7-11-19(12-8-15)14-16-5-2-1-3-6-16/h1-3,5-6,15,18H,4,7-14,17H2. The van der Waals surface area contributed by atoms with E-state index >= 15 is 0 Å². The summed E-state index contributed by atoms with van der Waals surface area (Å²) in [6, 6.07) is 10.8. The number of nitrogens with zero attached hydrogens (tertiary/aromatic N) is 1. The molecule has 1 heterocycles. The first kappa shape index (κ1) is 14.5. The summed E-state index contributed by atoms with van der Waals surface area (Å²) in [7, 11) is 0. The van der Waals surface area contributed by atoms with Crippen molar-refractivity contribution >= 4 is 0 Å². The Morgan fingerprint density at radius 3 is 2.58 bits per heavy atom. The molecule has 0 saturated carbocycles. The molecule has 0 unspecified atom stereocenters. The van der Waals surface area contributed by atoms with E-state index in [9.17, 15) is 0 Å². The van der Waals surface area contributed by atoms with Crippen molar-refractivity contribution in [2.24, 2.45) is 11.7 Å². The average Bonchev–Trinajstić information content (AvgIpc) is 2.46. The van der Waals surface area contributed by atoms with E-state index < -0.39 is 0 Å². The SMILES string of the molecule is NCCCNCC1CCN(Cc2ccccc2)CC1. The van der Waals surface area contributed by atoms with Crippen LogP contribution >= 0.6 is 0 Å². The predicted octanol–water partition coefficient (Wildman–Crippen LogP) is 1.84. The quantitative estimate of drug-likeness (QED) is 0.736. The van der Waals surface area contributed by atoms with E-state index in [0.29, 0.717) is 0 Å². The fraction of sp³-hybridized carbons (Fsp3) is 0.625. The monoisotopic (exact) mass is 261 g/mol. The van der Waals surface area contributed by atoms with Gasteiger partial charge in [-0.1, -0.05) is 30.3 Å². The van der Waals surface area contributed by atoms with Crippen LogP contribution in [0.5, 0.6) is 0 Å². The third kappa shape index (κ3) is 5.31. The lowest BCUT2D eigenvalue weighted by Gasteiger charge is -2.32. The largest absolute Gasteiger partial charge is 0.330 e. The first-order valence-corrected chi connectivity index (χ1v) is 7.55. The maximum atomic E-state index is 5.49. The topological polar surface area (TPSA) is 41.3 Å². The molecule has 3 nitrogen and oxygen atoms in total. The van der Waals surface area contributed by atoms with Crippen LogP contribution in [-0.4, -0.2) is 37.6 Å². The van der Waals surface area contributed by atoms with Gasteiger partial charge in [-0.15, -0.1) is 0 Å². The van der Waals surface area contributed by atoms with Crippen molar-refractivity contribution < 1.29 is 0 Å². The summed E-state index contributed by atoms with van der Waals surface area (Å²) >= 11 is 0. The Morgan fingerprint density at radius 1 is 1.16 bits per heavy atom. The van der Waals surface area contributed by atoms with Gasteiger partial charge in [-0.25, -0.2) is 0 Å². The van der Waals surface area contributed by atoms with Crippen LogP contribution < -0.4 is 11.1 Å². The van der Waals surface area contributed by atoms with E-state index in [1.54, 1.807) is 0 Å². The van der Waals surface area contributed by atoms with E-state index in [-0.39, 0.29) is 0 Å². The van der Waals surface area contributed by atoms with Gasteiger partial charge in [0, 0.05) is 6.54 Å². The summed E-state index contributed by atoms with van der Waals surface area (Å²) < 4.78 is 0. The highest BCUT2D eigenvalue weighted by Gasteiger charge is 2.18. The van der Waals surface area contributed by atoms with Crippen LogP contribution in [-0.2, 0) is 6.54 Å². The number of benzene rings is 1. The third-order valence-electron chi connectivity index (χ3n) is 3.95. The highest BCUT2D eigenvalue weighted by Crippen LogP contribution is 2.18. The van der Waals surface area contributed by atoms with Crippen LogP contribution in [0.15, 0.2) is 30.3 Å². The second kappa shape index (κ2) is 8.31. The molecule has 1 aliphatic rings. The third-order valence-corrected chi connectivity index (χ3v) is 3.95. The molecule has 0 bridgehead atoms. The van der Waals surface area contributed by atoms with Gasteiger partial charge in [0.05, 0.1) is 0 Å². The summed E-state index contributed by atoms with van der Waals surface area (Å²) in [4.78, 5) is 2.58. The van der Waals surface area contributed by atoms with Crippen molar-refractivity contribution in [3.8, 4) is 0 Å². The summed E-state index contributed by atoms with van der Waals surface area (Å²) in [6.45, 7) is 6.60. The van der Waals surface area contributed by atoms with Crippen molar-refractivity contribution in [2.75, 3.05) is 32.7 Å². The number of piperidine rings is 1. The first-order chi connectivity index (χ1) is 9.38. The zero-order valence-electron chi connectivity index (χ0n) is 11.9. The van der Waals surface area contributed by atoms with Crippen molar-refractivity contribution in [1.29, 1.82) is 0 Å². The number of rotatable bonds is 7. The maximum absolute atomic E-state index is 5.49. The van der Waals surface area contributed by atoms with Crippen molar-refractivity contribution in [3.63, 3.8) is 0 Å². The smallest absolute Gasteiger partial charge is 0.0233 e. The number of hydrogen-bond acceptors (Lipinski definition) is 3. The fourth-order valence-electron chi connectivity index (χ4n) is 2.72. The van der Waals surface area contributed by atoms with Gasteiger partial charge in [-0.05, 0) is 63.5 Å². The van der Waals surface area contributed by atoms with Crippen LogP contribution in [0.1, 0.15) is 24.8 Å². The van der Waals surface area contributed by atoms with E-state index in [2.05, 4.69) is 40.5 Å². The summed E-state index contributed by atoms with van der Waals surface area (Å²) in [5.74, 6) is 0.852. The van der Waals surface area contributed by atoms with E-state index in [0.717, 1.165) is 32.0 Å². The molecule has 106 valence electrons. The lowest BCUT2D eigenvalue weighted by Crippen LogP contribution is -2.37. The molecule has 1 saturated heterocycles. The van der Waals surface area contributed by atoms with Gasteiger partial charge < -0.3 is 11.1 Å². The van der Waals surface area contributed by atoms with Gasteiger partial charge in [-0.3, -0.25) is 4.90 Å². The van der Waals surface area contributed by atoms with Gasteiger partial charge in [0.2, 0.25) is 0 Å². The van der Waals surface area contributed by atoms with Crippen LogP contribution in [0.2, 0.25) is 0 Å². The molecule has 1 aromatic carbocycles. The van der Waals surface area contributed by atoms with Crippen LogP contribution in [0.25, 0.3) is 0 Å². The predicted molar refractivity (Wildman–Crippen MR) is 81.0 cm³/mol. The van der Waals surface area contributed by atoms with Crippen molar-refractivity contribution in [2.45, 2.75) is 25.8 Å². The normalized spacial score (nSPS) is 17.7. The van der Waals surface area contributed by atoms with Gasteiger partial charge in [0.15, 0.2) is 0 Å². The maximum Gasteiger partial charge on any atom is 0.0233 e. The van der Waals surface area contributed by atoms with E-state index in [1.165, 1.54) is 38.0 Å². The van der Waals surface area contributed by atoms with Crippen LogP contribution in [0.4, 0.5) is 0 Å². The molecule has 1 fully saturated rings. The number of nitrogens with one attached hydrogen (secondary N) is 1. The fourth-order valence-corrected chi connectivity index (χ4v) is 2.72. The van der Waals surface area contributed by atoms with Gasteiger partial charge in [0.25, 0.3) is 0 Å². The lowest BCUT2D eigenvalue weighted by atomic mass is 9.96. The molecule has 19 heavy (non-hydrogen) atoms. The minimum absolute atomic E-state index is 0.794. The number of nitrogens with two attached hydrogens (primary N) is 1. The Bertz CT molecular complexity index is 331. The van der Waals surface area contributed by atoms with Crippen molar-refractivity contribution in [3.05, 3.63) is 35.9 Å².